The van der Waals surface area contributed by atoms with Crippen LogP contribution in [0.25, 0.3) is 0 Å². The topological polar surface area (TPSA) is 9.23 Å². The van der Waals surface area contributed by atoms with Crippen LogP contribution < -0.4 is 4.74 Å². The van der Waals surface area contributed by atoms with Crippen molar-refractivity contribution in [1.82, 2.24) is 0 Å². The van der Waals surface area contributed by atoms with E-state index in [2.05, 4.69) is 34.1 Å². The highest BCUT2D eigenvalue weighted by Crippen LogP contribution is 2.56. The molecule has 0 bridgehead atoms. The molecule has 0 radical (unpaired) electrons. The van der Waals surface area contributed by atoms with Gasteiger partial charge in [-0.25, -0.2) is 0 Å². The van der Waals surface area contributed by atoms with Gasteiger partial charge in [-0.1, -0.05) is 34.1 Å². The molecule has 0 saturated heterocycles. The molecule has 3 unspecified atom stereocenters. The van der Waals surface area contributed by atoms with Gasteiger partial charge in [-0.2, -0.15) is 0 Å². The smallest absolute Gasteiger partial charge is 0.122 e. The van der Waals surface area contributed by atoms with E-state index in [9.17, 15) is 0 Å². The number of rotatable bonds is 4. The first-order valence-corrected chi connectivity index (χ1v) is 7.45. The fourth-order valence-corrected chi connectivity index (χ4v) is 4.09. The third-order valence-electron chi connectivity index (χ3n) is 4.40. The first-order valence-electron chi connectivity index (χ1n) is 6.54. The molecule has 0 N–H and O–H groups in total. The average molecular weight is 295 g/mol. The van der Waals surface area contributed by atoms with Crippen LogP contribution in [0.3, 0.4) is 0 Å². The van der Waals surface area contributed by atoms with Gasteiger partial charge in [0.1, 0.15) is 5.75 Å². The van der Waals surface area contributed by atoms with Gasteiger partial charge in [-0.3, -0.25) is 0 Å². The Balaban J connectivity index is 1.65. The molecule has 92 valence electrons. The Hall–Kier alpha value is -0.500. The van der Waals surface area contributed by atoms with Gasteiger partial charge in [0.15, 0.2) is 0 Å². The number of methoxy groups -OCH3 is 1. The zero-order valence-electron chi connectivity index (χ0n) is 10.2. The maximum atomic E-state index is 5.42. The zero-order valence-corrected chi connectivity index (χ0v) is 11.8. The summed E-state index contributed by atoms with van der Waals surface area (Å²) in [5, 5.41) is 0. The minimum absolute atomic E-state index is 0.617. The molecular weight excluding hydrogens is 276 g/mol. The van der Waals surface area contributed by atoms with Crippen LogP contribution in [0.2, 0.25) is 0 Å². The largest absolute Gasteiger partial charge is 0.496 e. The standard InChI is InChI=1S/C15H19BrO/c1-17-15-5-3-2-4-10(15)9-14(16)13-7-11-6-12(11)8-13/h2-5,11-14H,6-9H2,1H3. The Kier molecular flexibility index (Phi) is 3.16. The van der Waals surface area contributed by atoms with Crippen molar-refractivity contribution in [3.05, 3.63) is 29.8 Å². The maximum absolute atomic E-state index is 5.42. The molecule has 17 heavy (non-hydrogen) atoms. The molecule has 2 aliphatic carbocycles. The molecule has 1 nitrogen and oxygen atoms in total. The Labute approximate surface area is 112 Å². The molecule has 3 atom stereocenters. The lowest BCUT2D eigenvalue weighted by Crippen LogP contribution is -2.16. The van der Waals surface area contributed by atoms with Crippen LogP contribution in [0, 0.1) is 17.8 Å². The number of ether oxygens (including phenoxy) is 1. The highest BCUT2D eigenvalue weighted by molar-refractivity contribution is 9.09. The first kappa shape index (κ1) is 11.6. The van der Waals surface area contributed by atoms with Crippen molar-refractivity contribution in [3.63, 3.8) is 0 Å². The highest BCUT2D eigenvalue weighted by atomic mass is 79.9. The fourth-order valence-electron chi connectivity index (χ4n) is 3.31. The summed E-state index contributed by atoms with van der Waals surface area (Å²) < 4.78 is 5.42. The molecule has 0 aliphatic heterocycles. The van der Waals surface area contributed by atoms with Gasteiger partial charge in [-0.05, 0) is 55.1 Å². The molecule has 1 aromatic rings. The van der Waals surface area contributed by atoms with Crippen molar-refractivity contribution >= 4 is 15.9 Å². The van der Waals surface area contributed by atoms with Crippen molar-refractivity contribution in [2.45, 2.75) is 30.5 Å². The molecule has 2 fully saturated rings. The van der Waals surface area contributed by atoms with Crippen LogP contribution in [0.5, 0.6) is 5.75 Å². The van der Waals surface area contributed by atoms with E-state index in [-0.39, 0.29) is 0 Å². The van der Waals surface area contributed by atoms with E-state index in [1.165, 1.54) is 24.8 Å². The number of alkyl halides is 1. The quantitative estimate of drug-likeness (QED) is 0.762. The van der Waals surface area contributed by atoms with Crippen molar-refractivity contribution < 1.29 is 4.74 Å². The molecule has 0 aromatic heterocycles. The van der Waals surface area contributed by atoms with Gasteiger partial charge in [-0.15, -0.1) is 0 Å². The lowest BCUT2D eigenvalue weighted by atomic mass is 9.94. The van der Waals surface area contributed by atoms with Crippen LogP contribution in [0.4, 0.5) is 0 Å². The predicted octanol–water partition coefficient (Wildman–Crippen LogP) is 4.05. The summed E-state index contributed by atoms with van der Waals surface area (Å²) in [6.07, 6.45) is 5.48. The minimum atomic E-state index is 0.617. The molecule has 1 aromatic carbocycles. The van der Waals surface area contributed by atoms with E-state index in [0.717, 1.165) is 29.9 Å². The molecule has 3 rings (SSSR count). The van der Waals surface area contributed by atoms with Crippen LogP contribution in [0.1, 0.15) is 24.8 Å². The Morgan fingerprint density at radius 1 is 1.24 bits per heavy atom. The normalized spacial score (nSPS) is 32.0. The monoisotopic (exact) mass is 294 g/mol. The number of fused-ring (bicyclic) bond motifs is 1. The van der Waals surface area contributed by atoms with E-state index in [0.29, 0.717) is 4.83 Å². The summed E-state index contributed by atoms with van der Waals surface area (Å²) >= 11 is 3.90. The van der Waals surface area contributed by atoms with Gasteiger partial charge >= 0.3 is 0 Å². The first-order chi connectivity index (χ1) is 8.28. The molecular formula is C15H19BrO. The summed E-state index contributed by atoms with van der Waals surface area (Å²) in [6, 6.07) is 8.38. The second-order valence-electron chi connectivity index (χ2n) is 5.52. The second kappa shape index (κ2) is 4.64. The summed E-state index contributed by atoms with van der Waals surface area (Å²) in [5.41, 5.74) is 1.33. The summed E-state index contributed by atoms with van der Waals surface area (Å²) in [4.78, 5) is 0.617. The SMILES string of the molecule is COc1ccccc1CC(Br)C1CC2CC2C1. The Morgan fingerprint density at radius 3 is 2.65 bits per heavy atom. The third-order valence-corrected chi connectivity index (χ3v) is 5.47. The van der Waals surface area contributed by atoms with E-state index < -0.39 is 0 Å². The van der Waals surface area contributed by atoms with Gasteiger partial charge in [0.25, 0.3) is 0 Å². The Bertz CT molecular complexity index is 394. The molecule has 0 amide bonds. The third kappa shape index (κ3) is 2.37. The van der Waals surface area contributed by atoms with E-state index >= 15 is 0 Å². The summed E-state index contributed by atoms with van der Waals surface area (Å²) in [5.74, 6) is 4.04. The van der Waals surface area contributed by atoms with Gasteiger partial charge in [0.05, 0.1) is 7.11 Å². The van der Waals surface area contributed by atoms with Gasteiger partial charge in [0, 0.05) is 4.83 Å². The van der Waals surface area contributed by atoms with Crippen molar-refractivity contribution in [2.24, 2.45) is 17.8 Å². The van der Waals surface area contributed by atoms with E-state index in [1.807, 2.05) is 6.07 Å². The predicted molar refractivity (Wildman–Crippen MR) is 73.7 cm³/mol. The Morgan fingerprint density at radius 2 is 1.94 bits per heavy atom. The molecule has 2 saturated carbocycles. The summed E-state index contributed by atoms with van der Waals surface area (Å²) in [6.45, 7) is 0. The number of para-hydroxylation sites is 1. The maximum Gasteiger partial charge on any atom is 0.122 e. The van der Waals surface area contributed by atoms with Crippen LogP contribution in [-0.2, 0) is 6.42 Å². The molecule has 0 heterocycles. The second-order valence-corrected chi connectivity index (χ2v) is 6.70. The molecule has 0 spiro atoms. The number of hydrogen-bond acceptors (Lipinski definition) is 1. The lowest BCUT2D eigenvalue weighted by molar-refractivity contribution is 0.405. The van der Waals surface area contributed by atoms with Gasteiger partial charge < -0.3 is 4.74 Å². The number of benzene rings is 1. The number of halogens is 1. The highest BCUT2D eigenvalue weighted by Gasteiger charge is 2.47. The number of hydrogen-bond donors (Lipinski definition) is 0. The van der Waals surface area contributed by atoms with Crippen LogP contribution >= 0.6 is 15.9 Å². The van der Waals surface area contributed by atoms with Crippen molar-refractivity contribution in [1.29, 1.82) is 0 Å². The van der Waals surface area contributed by atoms with Crippen molar-refractivity contribution in [3.8, 4) is 5.75 Å². The van der Waals surface area contributed by atoms with Gasteiger partial charge in [0.2, 0.25) is 0 Å². The lowest BCUT2D eigenvalue weighted by Gasteiger charge is -2.20. The van der Waals surface area contributed by atoms with Crippen LogP contribution in [0.15, 0.2) is 24.3 Å². The minimum Gasteiger partial charge on any atom is -0.496 e. The van der Waals surface area contributed by atoms with E-state index in [1.54, 1.807) is 7.11 Å². The average Bonchev–Trinajstić information content (AvgIpc) is 2.96. The van der Waals surface area contributed by atoms with E-state index in [4.69, 9.17) is 4.74 Å². The molecule has 2 aliphatic rings. The zero-order chi connectivity index (χ0) is 11.8. The summed E-state index contributed by atoms with van der Waals surface area (Å²) in [7, 11) is 1.76. The fraction of sp³-hybridized carbons (Fsp3) is 0.600. The van der Waals surface area contributed by atoms with Crippen LogP contribution in [-0.4, -0.2) is 11.9 Å². The van der Waals surface area contributed by atoms with Crippen molar-refractivity contribution in [2.75, 3.05) is 7.11 Å². The molecule has 2 heteroatoms.